The van der Waals surface area contributed by atoms with Gasteiger partial charge in [0.25, 0.3) is 0 Å². The van der Waals surface area contributed by atoms with Crippen LogP contribution in [0.5, 0.6) is 0 Å². The van der Waals surface area contributed by atoms with Gasteiger partial charge in [0.15, 0.2) is 0 Å². The Labute approximate surface area is 261 Å². The molecule has 0 saturated carbocycles. The van der Waals surface area contributed by atoms with Crippen LogP contribution in [0.3, 0.4) is 0 Å². The maximum atomic E-state index is 5.32. The maximum absolute atomic E-state index is 5.32. The predicted molar refractivity (Wildman–Crippen MR) is 171 cm³/mol. The van der Waals surface area contributed by atoms with Gasteiger partial charge in [0.1, 0.15) is 0 Å². The molecule has 0 amide bonds. The molecule has 6 aromatic heterocycles. The summed E-state index contributed by atoms with van der Waals surface area (Å²) in [6.07, 6.45) is 13.9. The molecule has 0 saturated heterocycles. The van der Waals surface area contributed by atoms with E-state index in [2.05, 4.69) is 78.4 Å². The van der Waals surface area contributed by atoms with E-state index < -0.39 is 0 Å². The van der Waals surface area contributed by atoms with E-state index in [0.717, 1.165) is 55.0 Å². The van der Waals surface area contributed by atoms with Crippen molar-refractivity contribution in [2.45, 2.75) is 0 Å². The molecule has 9 heteroatoms. The number of rotatable bonds is 0. The summed E-state index contributed by atoms with van der Waals surface area (Å²) in [6.45, 7) is 0. The molecule has 8 aromatic rings. The van der Waals surface area contributed by atoms with Gasteiger partial charge in [0.2, 0.25) is 0 Å². The number of hydrogen-bond acceptors (Lipinski definition) is 8. The number of fused-ring (bicyclic) bond motifs is 6. The average Bonchev–Trinajstić information content (AvgIpc) is 3.06. The van der Waals surface area contributed by atoms with Crippen LogP contribution in [-0.2, 0) is 19.5 Å². The first-order chi connectivity index (χ1) is 20.7. The van der Waals surface area contributed by atoms with E-state index in [9.17, 15) is 0 Å². The number of benzene rings is 2. The van der Waals surface area contributed by atoms with Gasteiger partial charge in [0.05, 0.1) is 22.1 Å². The molecule has 2 aromatic carbocycles. The molecule has 210 valence electrons. The molecule has 43 heavy (non-hydrogen) atoms. The maximum Gasteiger partial charge on any atom is 2.00 e. The van der Waals surface area contributed by atoms with Crippen molar-refractivity contribution in [3.63, 3.8) is 0 Å². The van der Waals surface area contributed by atoms with Crippen LogP contribution in [0.2, 0.25) is 0 Å². The first-order valence-electron chi connectivity index (χ1n) is 13.2. The summed E-state index contributed by atoms with van der Waals surface area (Å²) in [6, 6.07) is 31.3. The Morgan fingerprint density at radius 1 is 0.326 bits per heavy atom. The van der Waals surface area contributed by atoms with Crippen LogP contribution in [0.15, 0.2) is 147 Å². The Kier molecular flexibility index (Phi) is 11.1. The largest absolute Gasteiger partial charge is 2.00 e. The number of nitrogen functional groups attached to an aromatic ring is 2. The predicted octanol–water partition coefficient (Wildman–Crippen LogP) is 6.89. The van der Waals surface area contributed by atoms with Gasteiger partial charge < -0.3 is 11.5 Å². The fraction of sp³-hybridized carbons (Fsp3) is 0. The molecule has 0 aliphatic heterocycles. The molecule has 8 nitrogen and oxygen atoms in total. The molecule has 0 atom stereocenters. The molecule has 0 unspecified atom stereocenters. The number of nitrogens with two attached hydrogens (primary N) is 2. The second kappa shape index (κ2) is 15.6. The zero-order valence-electron chi connectivity index (χ0n) is 23.0. The minimum Gasteiger partial charge on any atom is -0.399 e. The summed E-state index contributed by atoms with van der Waals surface area (Å²) >= 11 is 0. The van der Waals surface area contributed by atoms with Crippen molar-refractivity contribution in [3.05, 3.63) is 147 Å². The monoisotopic (exact) mass is 650 g/mol. The fourth-order valence-electron chi connectivity index (χ4n) is 4.09. The number of pyridine rings is 6. The Bertz CT molecular complexity index is 1760. The number of anilines is 2. The Balaban J connectivity index is 0.000000137. The quantitative estimate of drug-likeness (QED) is 0.134. The van der Waals surface area contributed by atoms with E-state index >= 15 is 0 Å². The fourth-order valence-corrected chi connectivity index (χ4v) is 4.09. The van der Waals surface area contributed by atoms with Gasteiger partial charge in [-0.1, -0.05) is 48.5 Å². The second-order valence-corrected chi connectivity index (χ2v) is 8.99. The smallest absolute Gasteiger partial charge is 0.399 e. The molecule has 0 radical (unpaired) electrons. The number of nitrogens with zero attached hydrogens (tertiary/aromatic N) is 6. The van der Waals surface area contributed by atoms with Crippen molar-refractivity contribution >= 4 is 55.0 Å². The topological polar surface area (TPSA) is 129 Å². The van der Waals surface area contributed by atoms with Crippen molar-refractivity contribution in [1.82, 2.24) is 29.9 Å². The summed E-state index contributed by atoms with van der Waals surface area (Å²) < 4.78 is 0. The molecule has 0 aliphatic carbocycles. The van der Waals surface area contributed by atoms with Crippen LogP contribution in [-0.4, -0.2) is 29.9 Å². The first-order valence-corrected chi connectivity index (χ1v) is 13.2. The second-order valence-electron chi connectivity index (χ2n) is 8.99. The van der Waals surface area contributed by atoms with E-state index in [-0.39, 0.29) is 19.5 Å². The van der Waals surface area contributed by atoms with Gasteiger partial charge >= 0.3 is 19.5 Å². The molecule has 0 aliphatic rings. The van der Waals surface area contributed by atoms with Gasteiger partial charge in [-0.15, -0.1) is 0 Å². The van der Waals surface area contributed by atoms with E-state index in [1.54, 1.807) is 73.8 Å². The third kappa shape index (κ3) is 8.31. The molecule has 8 rings (SSSR count). The van der Waals surface area contributed by atoms with Gasteiger partial charge in [0, 0.05) is 82.5 Å². The van der Waals surface area contributed by atoms with Crippen LogP contribution in [0.25, 0.3) is 43.6 Å². The first kappa shape index (κ1) is 30.6. The van der Waals surface area contributed by atoms with Crippen molar-refractivity contribution in [2.75, 3.05) is 11.5 Å². The summed E-state index contributed by atoms with van der Waals surface area (Å²) in [4.78, 5) is 24.9. The molecular weight excluding hydrogens is 622 g/mol. The summed E-state index contributed by atoms with van der Waals surface area (Å²) in [7, 11) is 0. The molecule has 0 fully saturated rings. The van der Waals surface area contributed by atoms with Crippen LogP contribution in [0.1, 0.15) is 0 Å². The zero-order chi connectivity index (χ0) is 29.0. The van der Waals surface area contributed by atoms with Gasteiger partial charge in [-0.05, 0) is 48.5 Å². The van der Waals surface area contributed by atoms with Crippen LogP contribution in [0, 0.1) is 0 Å². The molecular formula is C34H28N8Ru+2. The molecule has 4 N–H and O–H groups in total. The summed E-state index contributed by atoms with van der Waals surface area (Å²) in [5.41, 5.74) is 16.1. The Morgan fingerprint density at radius 3 is 0.791 bits per heavy atom. The number of aromatic nitrogens is 6. The summed E-state index contributed by atoms with van der Waals surface area (Å²) in [5, 5.41) is 4.55. The zero-order valence-corrected chi connectivity index (χ0v) is 24.8. The average molecular weight is 650 g/mol. The third-order valence-electron chi connectivity index (χ3n) is 6.10. The Hall–Kier alpha value is -5.40. The molecule has 0 bridgehead atoms. The van der Waals surface area contributed by atoms with Crippen molar-refractivity contribution < 1.29 is 19.5 Å². The van der Waals surface area contributed by atoms with Crippen LogP contribution in [0.4, 0.5) is 11.4 Å². The van der Waals surface area contributed by atoms with Crippen molar-refractivity contribution in [2.24, 2.45) is 0 Å². The van der Waals surface area contributed by atoms with Gasteiger partial charge in [-0.2, -0.15) is 0 Å². The number of hydrogen-bond donors (Lipinski definition) is 2. The SMILES string of the molecule is Nc1ccncc1.Nc1ccncc1.[Ru+2].c1cnc2c(c1)ccc1cccnc12.c1cnc2c(c1)ccc1cccnc12. The van der Waals surface area contributed by atoms with E-state index in [0.29, 0.717) is 0 Å². The van der Waals surface area contributed by atoms with E-state index in [1.165, 1.54) is 0 Å². The van der Waals surface area contributed by atoms with E-state index in [1.807, 2.05) is 24.3 Å². The molecule has 6 heterocycles. The van der Waals surface area contributed by atoms with Crippen LogP contribution >= 0.6 is 0 Å². The molecule has 0 spiro atoms. The standard InChI is InChI=1S/2C12H8N2.2C5H6N2.Ru/c2*1-3-9-5-6-10-4-2-8-14-12(10)11(9)13-7-1;2*6-5-1-3-7-4-2-5;/h2*1-8H;2*1-4H,(H2,6,7);/q;;;;+2. The minimum atomic E-state index is 0. The summed E-state index contributed by atoms with van der Waals surface area (Å²) in [5.74, 6) is 0. The van der Waals surface area contributed by atoms with Crippen LogP contribution < -0.4 is 11.5 Å². The van der Waals surface area contributed by atoms with Crippen molar-refractivity contribution in [3.8, 4) is 0 Å². The third-order valence-corrected chi connectivity index (χ3v) is 6.10. The Morgan fingerprint density at radius 2 is 0.581 bits per heavy atom. The normalized spacial score (nSPS) is 9.86. The van der Waals surface area contributed by atoms with Gasteiger partial charge in [-0.3, -0.25) is 29.9 Å². The van der Waals surface area contributed by atoms with Gasteiger partial charge in [-0.25, -0.2) is 0 Å². The van der Waals surface area contributed by atoms with Crippen molar-refractivity contribution in [1.29, 1.82) is 0 Å². The minimum absolute atomic E-state index is 0. The van der Waals surface area contributed by atoms with E-state index in [4.69, 9.17) is 11.5 Å².